The Kier molecular flexibility index (Phi) is 3.96. The first-order chi connectivity index (χ1) is 12.1. The molecule has 1 N–H and O–H groups in total. The smallest absolute Gasteiger partial charge is 0.334 e. The fraction of sp³-hybridized carbons (Fsp3) is 0.412. The summed E-state index contributed by atoms with van der Waals surface area (Å²) in [5, 5.41) is 13.1. The van der Waals surface area contributed by atoms with E-state index in [9.17, 15) is 9.59 Å². The number of ether oxygens (including phenoxy) is 1. The molecule has 25 heavy (non-hydrogen) atoms. The fourth-order valence-corrected chi connectivity index (χ4v) is 2.81. The van der Waals surface area contributed by atoms with Gasteiger partial charge in [0.15, 0.2) is 6.10 Å². The van der Waals surface area contributed by atoms with Crippen LogP contribution < -0.4 is 0 Å². The van der Waals surface area contributed by atoms with Crippen LogP contribution in [0.4, 0.5) is 0 Å². The standard InChI is InChI=1S/C17H17N3O5/c21-16(20-6-7-24-13(9-20)17(22)23)12-3-1-2-11(8-12)14-18-15(25-19-14)10-4-5-10/h1-3,8,10,13H,4-7,9H2,(H,22,23)/t13-/m1/s1. The van der Waals surface area contributed by atoms with E-state index in [1.807, 2.05) is 6.07 Å². The second kappa shape index (κ2) is 6.29. The maximum Gasteiger partial charge on any atom is 0.334 e. The van der Waals surface area contributed by atoms with Crippen LogP contribution in [0.3, 0.4) is 0 Å². The summed E-state index contributed by atoms with van der Waals surface area (Å²) in [6.45, 7) is 0.602. The molecule has 1 aromatic heterocycles. The quantitative estimate of drug-likeness (QED) is 0.897. The molecule has 1 amide bonds. The van der Waals surface area contributed by atoms with E-state index in [1.54, 1.807) is 18.2 Å². The molecule has 2 aliphatic rings. The van der Waals surface area contributed by atoms with E-state index in [2.05, 4.69) is 10.1 Å². The first kappa shape index (κ1) is 15.8. The van der Waals surface area contributed by atoms with E-state index in [0.29, 0.717) is 35.3 Å². The van der Waals surface area contributed by atoms with E-state index in [0.717, 1.165) is 12.8 Å². The summed E-state index contributed by atoms with van der Waals surface area (Å²) in [7, 11) is 0. The summed E-state index contributed by atoms with van der Waals surface area (Å²) in [6.07, 6.45) is 1.16. The van der Waals surface area contributed by atoms with Crippen LogP contribution in [0.5, 0.6) is 0 Å². The van der Waals surface area contributed by atoms with E-state index in [4.69, 9.17) is 14.4 Å². The summed E-state index contributed by atoms with van der Waals surface area (Å²) in [6, 6.07) is 6.97. The topological polar surface area (TPSA) is 106 Å². The van der Waals surface area contributed by atoms with Crippen LogP contribution in [0.1, 0.15) is 35.0 Å². The highest BCUT2D eigenvalue weighted by Crippen LogP contribution is 2.39. The second-order valence-corrected chi connectivity index (χ2v) is 6.26. The molecule has 0 spiro atoms. The third kappa shape index (κ3) is 3.25. The van der Waals surface area contributed by atoms with Crippen molar-refractivity contribution in [1.82, 2.24) is 15.0 Å². The molecule has 2 heterocycles. The number of nitrogens with zero attached hydrogens (tertiary/aromatic N) is 3. The van der Waals surface area contributed by atoms with Crippen LogP contribution in [0, 0.1) is 0 Å². The Hall–Kier alpha value is -2.74. The maximum absolute atomic E-state index is 12.7. The number of amides is 1. The average molecular weight is 343 g/mol. The van der Waals surface area contributed by atoms with E-state index < -0.39 is 12.1 Å². The summed E-state index contributed by atoms with van der Waals surface area (Å²) in [4.78, 5) is 29.6. The molecule has 8 heteroatoms. The monoisotopic (exact) mass is 343 g/mol. The number of benzene rings is 1. The van der Waals surface area contributed by atoms with Crippen molar-refractivity contribution in [1.29, 1.82) is 0 Å². The predicted octanol–water partition coefficient (Wildman–Crippen LogP) is 1.54. The number of hydrogen-bond donors (Lipinski definition) is 1. The van der Waals surface area contributed by atoms with Crippen LogP contribution in [-0.4, -0.2) is 57.8 Å². The van der Waals surface area contributed by atoms with E-state index >= 15 is 0 Å². The van der Waals surface area contributed by atoms with Crippen LogP contribution in [-0.2, 0) is 9.53 Å². The first-order valence-electron chi connectivity index (χ1n) is 8.19. The van der Waals surface area contributed by atoms with Crippen molar-refractivity contribution in [3.63, 3.8) is 0 Å². The second-order valence-electron chi connectivity index (χ2n) is 6.26. The van der Waals surface area contributed by atoms with Gasteiger partial charge in [-0.3, -0.25) is 4.79 Å². The summed E-state index contributed by atoms with van der Waals surface area (Å²) in [5.74, 6) is 0.173. The lowest BCUT2D eigenvalue weighted by Crippen LogP contribution is -2.48. The Labute approximate surface area is 143 Å². The Morgan fingerprint density at radius 3 is 2.88 bits per heavy atom. The van der Waals surface area contributed by atoms with E-state index in [-0.39, 0.29) is 19.1 Å². The lowest BCUT2D eigenvalue weighted by atomic mass is 10.1. The molecule has 0 unspecified atom stereocenters. The summed E-state index contributed by atoms with van der Waals surface area (Å²) < 4.78 is 10.4. The van der Waals surface area contributed by atoms with Gasteiger partial charge in [-0.05, 0) is 25.0 Å². The third-order valence-corrected chi connectivity index (χ3v) is 4.37. The van der Waals surface area contributed by atoms with Gasteiger partial charge in [0.05, 0.1) is 13.2 Å². The van der Waals surface area contributed by atoms with Gasteiger partial charge in [0.1, 0.15) is 0 Å². The molecule has 1 atom stereocenters. The van der Waals surface area contributed by atoms with Gasteiger partial charge in [-0.15, -0.1) is 0 Å². The van der Waals surface area contributed by atoms with Crippen molar-refractivity contribution >= 4 is 11.9 Å². The number of carbonyl (C=O) groups is 2. The molecule has 1 aromatic carbocycles. The van der Waals surface area contributed by atoms with Gasteiger partial charge in [0.25, 0.3) is 5.91 Å². The Bertz CT molecular complexity index is 814. The molecular formula is C17H17N3O5. The van der Waals surface area contributed by atoms with Crippen molar-refractivity contribution in [2.45, 2.75) is 24.9 Å². The van der Waals surface area contributed by atoms with Gasteiger partial charge >= 0.3 is 5.97 Å². The summed E-state index contributed by atoms with van der Waals surface area (Å²) in [5.41, 5.74) is 1.16. The first-order valence-corrected chi connectivity index (χ1v) is 8.19. The van der Waals surface area contributed by atoms with Gasteiger partial charge < -0.3 is 19.3 Å². The van der Waals surface area contributed by atoms with Crippen LogP contribution >= 0.6 is 0 Å². The van der Waals surface area contributed by atoms with Gasteiger partial charge in [0, 0.05) is 23.6 Å². The minimum atomic E-state index is -1.06. The molecule has 2 aromatic rings. The van der Waals surface area contributed by atoms with Crippen LogP contribution in [0.2, 0.25) is 0 Å². The number of rotatable bonds is 4. The van der Waals surface area contributed by atoms with Gasteiger partial charge in [0.2, 0.25) is 11.7 Å². The number of aliphatic carboxylic acids is 1. The minimum absolute atomic E-state index is 0.0342. The van der Waals surface area contributed by atoms with Crippen LogP contribution in [0.15, 0.2) is 28.8 Å². The zero-order chi connectivity index (χ0) is 17.4. The molecule has 8 nitrogen and oxygen atoms in total. The molecule has 4 rings (SSSR count). The Morgan fingerprint density at radius 1 is 1.28 bits per heavy atom. The minimum Gasteiger partial charge on any atom is -0.479 e. The van der Waals surface area contributed by atoms with Crippen molar-refractivity contribution in [3.05, 3.63) is 35.7 Å². The van der Waals surface area contributed by atoms with Crippen molar-refractivity contribution in [2.75, 3.05) is 19.7 Å². The zero-order valence-electron chi connectivity index (χ0n) is 13.4. The molecule has 130 valence electrons. The lowest BCUT2D eigenvalue weighted by Gasteiger charge is -2.31. The number of morpholine rings is 1. The van der Waals surface area contributed by atoms with Crippen molar-refractivity contribution < 1.29 is 24.0 Å². The third-order valence-electron chi connectivity index (χ3n) is 4.37. The number of carboxylic acids is 1. The number of hydrogen-bond acceptors (Lipinski definition) is 6. The molecular weight excluding hydrogens is 326 g/mol. The zero-order valence-corrected chi connectivity index (χ0v) is 13.4. The molecule has 0 bridgehead atoms. The lowest BCUT2D eigenvalue weighted by molar-refractivity contribution is -0.154. The number of aromatic nitrogens is 2. The molecule has 1 saturated carbocycles. The van der Waals surface area contributed by atoms with Gasteiger partial charge in [-0.1, -0.05) is 17.3 Å². The summed E-state index contributed by atoms with van der Waals surface area (Å²) >= 11 is 0. The van der Waals surface area contributed by atoms with Gasteiger partial charge in [-0.2, -0.15) is 4.98 Å². The number of carboxylic acid groups (broad SMARTS) is 1. The molecule has 1 aliphatic carbocycles. The number of carbonyl (C=O) groups excluding carboxylic acids is 1. The Balaban J connectivity index is 1.53. The SMILES string of the molecule is O=C(O)[C@H]1CN(C(=O)c2cccc(-c3noc(C4CC4)n3)c2)CCO1. The van der Waals surface area contributed by atoms with Gasteiger partial charge in [-0.25, -0.2) is 4.79 Å². The predicted molar refractivity (Wildman–Crippen MR) is 85.0 cm³/mol. The van der Waals surface area contributed by atoms with E-state index in [1.165, 1.54) is 4.90 Å². The maximum atomic E-state index is 12.7. The highest BCUT2D eigenvalue weighted by atomic mass is 16.5. The molecule has 0 radical (unpaired) electrons. The van der Waals surface area contributed by atoms with Crippen molar-refractivity contribution in [3.8, 4) is 11.4 Å². The highest BCUT2D eigenvalue weighted by molar-refractivity contribution is 5.95. The largest absolute Gasteiger partial charge is 0.479 e. The van der Waals surface area contributed by atoms with Crippen LogP contribution in [0.25, 0.3) is 11.4 Å². The average Bonchev–Trinajstić information content (AvgIpc) is 3.38. The highest BCUT2D eigenvalue weighted by Gasteiger charge is 2.31. The molecule has 1 saturated heterocycles. The fourth-order valence-electron chi connectivity index (χ4n) is 2.81. The normalized spacial score (nSPS) is 20.5. The molecule has 1 aliphatic heterocycles. The van der Waals surface area contributed by atoms with Crippen molar-refractivity contribution in [2.24, 2.45) is 0 Å². The molecule has 2 fully saturated rings. The Morgan fingerprint density at radius 2 is 2.12 bits per heavy atom.